The predicted molar refractivity (Wildman–Crippen MR) is 95.8 cm³/mol. The van der Waals surface area contributed by atoms with E-state index in [0.29, 0.717) is 22.0 Å². The summed E-state index contributed by atoms with van der Waals surface area (Å²) in [5.74, 6) is 0. The van der Waals surface area contributed by atoms with E-state index in [4.69, 9.17) is 28.5 Å². The van der Waals surface area contributed by atoms with Crippen LogP contribution in [0.3, 0.4) is 0 Å². The number of halogens is 2. The van der Waals surface area contributed by atoms with Crippen LogP contribution in [0.15, 0.2) is 48.7 Å². The van der Waals surface area contributed by atoms with Gasteiger partial charge in [0.15, 0.2) is 5.13 Å². The standard InChI is InChI=1S/C17H11Cl2N3S/c18-15-2-1-3-16(19)14(15)8-13-10-21-17(23-13)22-12-6-4-11(9-20)5-7-12/h1-7,10H,8H2,(H,21,22). The molecule has 0 unspecified atom stereocenters. The number of thiazole rings is 1. The molecule has 0 aliphatic carbocycles. The lowest BCUT2D eigenvalue weighted by atomic mass is 10.1. The number of nitrogens with one attached hydrogen (secondary N) is 1. The zero-order chi connectivity index (χ0) is 16.2. The second-order valence-electron chi connectivity index (χ2n) is 4.82. The molecule has 1 heterocycles. The van der Waals surface area contributed by atoms with Crippen LogP contribution in [-0.4, -0.2) is 4.98 Å². The Kier molecular flexibility index (Phi) is 4.82. The lowest BCUT2D eigenvalue weighted by Gasteiger charge is -2.04. The van der Waals surface area contributed by atoms with Crippen LogP contribution in [0.4, 0.5) is 10.8 Å². The van der Waals surface area contributed by atoms with Crippen LogP contribution in [-0.2, 0) is 6.42 Å². The van der Waals surface area contributed by atoms with Crippen molar-refractivity contribution < 1.29 is 0 Å². The fourth-order valence-electron chi connectivity index (χ4n) is 2.07. The highest BCUT2D eigenvalue weighted by Crippen LogP contribution is 2.30. The Labute approximate surface area is 148 Å². The maximum Gasteiger partial charge on any atom is 0.187 e. The van der Waals surface area contributed by atoms with Crippen LogP contribution < -0.4 is 5.32 Å². The summed E-state index contributed by atoms with van der Waals surface area (Å²) in [6, 6.07) is 14.8. The van der Waals surface area contributed by atoms with E-state index in [1.807, 2.05) is 36.5 Å². The molecule has 0 saturated carbocycles. The van der Waals surface area contributed by atoms with Gasteiger partial charge in [-0.1, -0.05) is 29.3 Å². The average Bonchev–Trinajstić information content (AvgIpc) is 2.99. The Bertz CT molecular complexity index is 846. The number of nitriles is 1. The highest BCUT2D eigenvalue weighted by Gasteiger charge is 2.09. The summed E-state index contributed by atoms with van der Waals surface area (Å²) in [4.78, 5) is 5.43. The third kappa shape index (κ3) is 3.83. The quantitative estimate of drug-likeness (QED) is 0.653. The molecule has 0 bridgehead atoms. The number of aromatic nitrogens is 1. The SMILES string of the molecule is N#Cc1ccc(Nc2ncc(Cc3c(Cl)cccc3Cl)s2)cc1. The molecule has 0 atom stereocenters. The Morgan fingerprint density at radius 2 is 1.78 bits per heavy atom. The number of benzene rings is 2. The van der Waals surface area contributed by atoms with Gasteiger partial charge < -0.3 is 5.32 Å². The van der Waals surface area contributed by atoms with Gasteiger partial charge in [0.2, 0.25) is 0 Å². The first-order valence-electron chi connectivity index (χ1n) is 6.80. The van der Waals surface area contributed by atoms with Crippen molar-refractivity contribution in [2.24, 2.45) is 0 Å². The van der Waals surface area contributed by atoms with E-state index in [9.17, 15) is 0 Å². The van der Waals surface area contributed by atoms with Gasteiger partial charge in [0.05, 0.1) is 11.6 Å². The first kappa shape index (κ1) is 15.8. The first-order valence-corrected chi connectivity index (χ1v) is 8.38. The van der Waals surface area contributed by atoms with Crippen molar-refractivity contribution in [3.63, 3.8) is 0 Å². The summed E-state index contributed by atoms with van der Waals surface area (Å²) in [5, 5.41) is 14.1. The molecular weight excluding hydrogens is 349 g/mol. The van der Waals surface area contributed by atoms with Crippen molar-refractivity contribution in [2.75, 3.05) is 5.32 Å². The highest BCUT2D eigenvalue weighted by atomic mass is 35.5. The van der Waals surface area contributed by atoms with Gasteiger partial charge in [-0.3, -0.25) is 0 Å². The van der Waals surface area contributed by atoms with E-state index in [1.165, 1.54) is 0 Å². The summed E-state index contributed by atoms with van der Waals surface area (Å²) < 4.78 is 0. The Morgan fingerprint density at radius 3 is 2.43 bits per heavy atom. The van der Waals surface area contributed by atoms with Gasteiger partial charge in [0.1, 0.15) is 0 Å². The van der Waals surface area contributed by atoms with E-state index >= 15 is 0 Å². The monoisotopic (exact) mass is 359 g/mol. The minimum Gasteiger partial charge on any atom is -0.332 e. The fourth-order valence-corrected chi connectivity index (χ4v) is 3.45. The van der Waals surface area contributed by atoms with Gasteiger partial charge in [-0.2, -0.15) is 5.26 Å². The molecule has 3 aromatic rings. The van der Waals surface area contributed by atoms with Crippen LogP contribution in [0.1, 0.15) is 16.0 Å². The predicted octanol–water partition coefficient (Wildman–Crippen LogP) is 5.66. The lowest BCUT2D eigenvalue weighted by Crippen LogP contribution is -1.88. The van der Waals surface area contributed by atoms with Gasteiger partial charge in [-0.25, -0.2) is 4.98 Å². The maximum atomic E-state index is 8.80. The molecule has 0 fully saturated rings. The molecule has 0 radical (unpaired) electrons. The molecule has 0 aliphatic rings. The number of rotatable bonds is 4. The smallest absolute Gasteiger partial charge is 0.187 e. The Hall–Kier alpha value is -2.06. The Morgan fingerprint density at radius 1 is 1.09 bits per heavy atom. The van der Waals surface area contributed by atoms with E-state index in [0.717, 1.165) is 21.3 Å². The lowest BCUT2D eigenvalue weighted by molar-refractivity contribution is 1.22. The number of hydrogen-bond donors (Lipinski definition) is 1. The van der Waals surface area contributed by atoms with Crippen molar-refractivity contribution in [3.05, 3.63) is 74.7 Å². The van der Waals surface area contributed by atoms with Crippen molar-refractivity contribution in [1.82, 2.24) is 4.98 Å². The van der Waals surface area contributed by atoms with E-state index < -0.39 is 0 Å². The number of nitrogens with zero attached hydrogens (tertiary/aromatic N) is 2. The maximum absolute atomic E-state index is 8.80. The molecule has 2 aromatic carbocycles. The first-order chi connectivity index (χ1) is 11.2. The average molecular weight is 360 g/mol. The molecule has 0 aliphatic heterocycles. The van der Waals surface area contributed by atoms with Gasteiger partial charge in [0.25, 0.3) is 0 Å². The van der Waals surface area contributed by atoms with Gasteiger partial charge in [-0.15, -0.1) is 11.3 Å². The van der Waals surface area contributed by atoms with Gasteiger partial charge in [0, 0.05) is 33.2 Å². The van der Waals surface area contributed by atoms with Crippen molar-refractivity contribution in [1.29, 1.82) is 5.26 Å². The summed E-state index contributed by atoms with van der Waals surface area (Å²) in [5.41, 5.74) is 2.42. The zero-order valence-electron chi connectivity index (χ0n) is 11.9. The zero-order valence-corrected chi connectivity index (χ0v) is 14.2. The summed E-state index contributed by atoms with van der Waals surface area (Å²) in [6.45, 7) is 0. The summed E-state index contributed by atoms with van der Waals surface area (Å²) in [7, 11) is 0. The van der Waals surface area contributed by atoms with Crippen LogP contribution >= 0.6 is 34.5 Å². The number of anilines is 2. The van der Waals surface area contributed by atoms with E-state index in [1.54, 1.807) is 23.5 Å². The molecule has 23 heavy (non-hydrogen) atoms. The molecule has 1 aromatic heterocycles. The fraction of sp³-hybridized carbons (Fsp3) is 0.0588. The molecule has 3 nitrogen and oxygen atoms in total. The second kappa shape index (κ2) is 7.01. The molecule has 0 amide bonds. The van der Waals surface area contributed by atoms with Gasteiger partial charge in [-0.05, 0) is 42.0 Å². The second-order valence-corrected chi connectivity index (χ2v) is 6.75. The van der Waals surface area contributed by atoms with Crippen LogP contribution in [0.25, 0.3) is 0 Å². The van der Waals surface area contributed by atoms with Crippen molar-refractivity contribution in [2.45, 2.75) is 6.42 Å². The van der Waals surface area contributed by atoms with E-state index in [2.05, 4.69) is 16.4 Å². The third-order valence-corrected chi connectivity index (χ3v) is 4.85. The normalized spacial score (nSPS) is 10.3. The van der Waals surface area contributed by atoms with Gasteiger partial charge >= 0.3 is 0 Å². The summed E-state index contributed by atoms with van der Waals surface area (Å²) >= 11 is 14.0. The molecule has 1 N–H and O–H groups in total. The molecule has 6 heteroatoms. The molecular formula is C17H11Cl2N3S. The Balaban J connectivity index is 1.74. The minimum absolute atomic E-state index is 0.628. The molecule has 3 rings (SSSR count). The van der Waals surface area contributed by atoms with Crippen molar-refractivity contribution in [3.8, 4) is 6.07 Å². The molecule has 114 valence electrons. The highest BCUT2D eigenvalue weighted by molar-refractivity contribution is 7.15. The largest absolute Gasteiger partial charge is 0.332 e. The molecule has 0 spiro atoms. The number of hydrogen-bond acceptors (Lipinski definition) is 4. The summed E-state index contributed by atoms with van der Waals surface area (Å²) in [6.07, 6.45) is 2.46. The van der Waals surface area contributed by atoms with Crippen LogP contribution in [0.5, 0.6) is 0 Å². The van der Waals surface area contributed by atoms with Crippen molar-refractivity contribution >= 4 is 45.4 Å². The third-order valence-electron chi connectivity index (χ3n) is 3.23. The van der Waals surface area contributed by atoms with Crippen LogP contribution in [0, 0.1) is 11.3 Å². The minimum atomic E-state index is 0.628. The molecule has 0 saturated heterocycles. The van der Waals surface area contributed by atoms with Crippen LogP contribution in [0.2, 0.25) is 10.0 Å². The topological polar surface area (TPSA) is 48.7 Å². The van der Waals surface area contributed by atoms with E-state index in [-0.39, 0.29) is 0 Å².